The van der Waals surface area contributed by atoms with E-state index in [9.17, 15) is 9.59 Å². The third kappa shape index (κ3) is 3.61. The smallest absolute Gasteiger partial charge is 0.338 e. The van der Waals surface area contributed by atoms with Gasteiger partial charge in [0.25, 0.3) is 5.56 Å². The van der Waals surface area contributed by atoms with Gasteiger partial charge in [0.2, 0.25) is 0 Å². The van der Waals surface area contributed by atoms with Crippen molar-refractivity contribution < 1.29 is 9.53 Å². The van der Waals surface area contributed by atoms with Crippen LogP contribution in [0.1, 0.15) is 53.6 Å². The first-order valence-electron chi connectivity index (χ1n) is 9.72. The largest absolute Gasteiger partial charge is 0.459 e. The molecule has 0 N–H and O–H groups in total. The van der Waals surface area contributed by atoms with Gasteiger partial charge in [-0.2, -0.15) is 0 Å². The highest BCUT2D eigenvalue weighted by Gasteiger charge is 2.23. The second kappa shape index (κ2) is 7.51. The summed E-state index contributed by atoms with van der Waals surface area (Å²) in [7, 11) is 0. The number of rotatable bonds is 4. The monoisotopic (exact) mass is 396 g/mol. The minimum atomic E-state index is -0.332. The third-order valence-electron chi connectivity index (χ3n) is 5.17. The van der Waals surface area contributed by atoms with Crippen LogP contribution in [0.15, 0.2) is 35.4 Å². The maximum atomic E-state index is 13.1. The molecule has 0 unspecified atom stereocenters. The van der Waals surface area contributed by atoms with E-state index < -0.39 is 0 Å². The Morgan fingerprint density at radius 1 is 1.32 bits per heavy atom. The normalized spacial score (nSPS) is 16.4. The van der Waals surface area contributed by atoms with Gasteiger partial charge in [-0.15, -0.1) is 11.3 Å². The van der Waals surface area contributed by atoms with Crippen molar-refractivity contribution in [2.24, 2.45) is 5.92 Å². The fourth-order valence-corrected chi connectivity index (χ4v) is 5.04. The van der Waals surface area contributed by atoms with E-state index in [2.05, 4.69) is 11.9 Å². The number of aromatic nitrogens is 2. The molecule has 0 bridgehead atoms. The van der Waals surface area contributed by atoms with Crippen molar-refractivity contribution in [3.8, 4) is 0 Å². The maximum Gasteiger partial charge on any atom is 0.338 e. The number of hydrogen-bond donors (Lipinski definition) is 0. The molecule has 2 aromatic heterocycles. The fraction of sp³-hybridized carbons (Fsp3) is 0.409. The Morgan fingerprint density at radius 2 is 2.07 bits per heavy atom. The SMILES string of the molecule is CC(C)OC(=O)c1ccc(Cn2cnc3sc4c(c3c2=O)CC[C@H](C)C4)cc1. The summed E-state index contributed by atoms with van der Waals surface area (Å²) in [5, 5.41) is 0.798. The van der Waals surface area contributed by atoms with Gasteiger partial charge in [0.05, 0.1) is 29.9 Å². The van der Waals surface area contributed by atoms with Crippen molar-refractivity contribution in [1.29, 1.82) is 0 Å². The summed E-state index contributed by atoms with van der Waals surface area (Å²) in [4.78, 5) is 31.8. The highest BCUT2D eigenvalue weighted by atomic mass is 32.1. The number of hydrogen-bond acceptors (Lipinski definition) is 5. The molecule has 0 amide bonds. The van der Waals surface area contributed by atoms with Crippen LogP contribution in [0.4, 0.5) is 0 Å². The van der Waals surface area contributed by atoms with Crippen molar-refractivity contribution in [1.82, 2.24) is 9.55 Å². The minimum absolute atomic E-state index is 0.0281. The molecule has 0 spiro atoms. The Labute approximate surface area is 168 Å². The molecular formula is C22H24N2O3S. The molecule has 146 valence electrons. The first-order chi connectivity index (χ1) is 13.4. The molecule has 1 aliphatic rings. The van der Waals surface area contributed by atoms with E-state index in [1.807, 2.05) is 26.0 Å². The summed E-state index contributed by atoms with van der Waals surface area (Å²) in [5.74, 6) is 0.338. The van der Waals surface area contributed by atoms with Gasteiger partial charge in [0, 0.05) is 4.88 Å². The van der Waals surface area contributed by atoms with Crippen LogP contribution >= 0.6 is 11.3 Å². The molecule has 3 aromatic rings. The standard InChI is InChI=1S/C22H24N2O3S/c1-13(2)27-22(26)16-7-5-15(6-8-16)11-24-12-23-20-19(21(24)25)17-9-4-14(3)10-18(17)28-20/h5-8,12-14H,4,9-11H2,1-3H3/t14-/m0/s1. The lowest BCUT2D eigenvalue weighted by Gasteiger charge is -2.17. The molecule has 1 atom stereocenters. The molecule has 6 heteroatoms. The Morgan fingerprint density at radius 3 is 2.79 bits per heavy atom. The Kier molecular flexibility index (Phi) is 5.06. The van der Waals surface area contributed by atoms with Gasteiger partial charge in [-0.1, -0.05) is 19.1 Å². The number of ether oxygens (including phenoxy) is 1. The first kappa shape index (κ1) is 18.9. The third-order valence-corrected chi connectivity index (χ3v) is 6.33. The number of fused-ring (bicyclic) bond motifs is 3. The topological polar surface area (TPSA) is 61.2 Å². The number of esters is 1. The van der Waals surface area contributed by atoms with Gasteiger partial charge >= 0.3 is 5.97 Å². The number of benzene rings is 1. The molecule has 0 aliphatic heterocycles. The molecule has 5 nitrogen and oxygen atoms in total. The van der Waals surface area contributed by atoms with Gasteiger partial charge < -0.3 is 4.74 Å². The molecule has 4 rings (SSSR count). The molecule has 0 saturated heterocycles. The lowest BCUT2D eigenvalue weighted by Crippen LogP contribution is -2.22. The lowest BCUT2D eigenvalue weighted by atomic mass is 9.89. The molecule has 0 radical (unpaired) electrons. The maximum absolute atomic E-state index is 13.1. The van der Waals surface area contributed by atoms with Crippen LogP contribution in [-0.2, 0) is 24.1 Å². The summed E-state index contributed by atoms with van der Waals surface area (Å²) in [5.41, 5.74) is 2.69. The van der Waals surface area contributed by atoms with Gasteiger partial charge in [-0.25, -0.2) is 9.78 Å². The van der Waals surface area contributed by atoms with E-state index >= 15 is 0 Å². The van der Waals surface area contributed by atoms with Crippen molar-refractivity contribution >= 4 is 27.5 Å². The number of aryl methyl sites for hydroxylation is 1. The van der Waals surface area contributed by atoms with Crippen LogP contribution in [0, 0.1) is 5.92 Å². The molecule has 1 aliphatic carbocycles. The second-order valence-corrected chi connectivity index (χ2v) is 8.94. The van der Waals surface area contributed by atoms with Crippen molar-refractivity contribution in [3.63, 3.8) is 0 Å². The molecule has 0 saturated carbocycles. The molecular weight excluding hydrogens is 372 g/mol. The lowest BCUT2D eigenvalue weighted by molar-refractivity contribution is 0.0378. The predicted octanol–water partition coefficient (Wildman–Crippen LogP) is 4.20. The average molecular weight is 397 g/mol. The van der Waals surface area contributed by atoms with E-state index in [1.165, 1.54) is 10.4 Å². The Balaban J connectivity index is 1.61. The van der Waals surface area contributed by atoms with E-state index in [0.717, 1.165) is 35.0 Å². The molecule has 2 heterocycles. The van der Waals surface area contributed by atoms with E-state index in [0.29, 0.717) is 18.0 Å². The van der Waals surface area contributed by atoms with Crippen molar-refractivity contribution in [2.45, 2.75) is 52.7 Å². The van der Waals surface area contributed by atoms with Gasteiger partial charge in [0.1, 0.15) is 4.83 Å². The van der Waals surface area contributed by atoms with E-state index in [1.54, 1.807) is 34.4 Å². The zero-order valence-corrected chi connectivity index (χ0v) is 17.2. The summed E-state index contributed by atoms with van der Waals surface area (Å²) < 4.78 is 6.87. The van der Waals surface area contributed by atoms with Crippen molar-refractivity contribution in [3.05, 3.63) is 62.5 Å². The fourth-order valence-electron chi connectivity index (χ4n) is 3.70. The zero-order chi connectivity index (χ0) is 19.8. The summed E-state index contributed by atoms with van der Waals surface area (Å²) in [6.45, 7) is 6.35. The molecule has 0 fully saturated rings. The Hall–Kier alpha value is -2.47. The summed E-state index contributed by atoms with van der Waals surface area (Å²) in [6.07, 6.45) is 4.62. The van der Waals surface area contributed by atoms with E-state index in [-0.39, 0.29) is 17.6 Å². The highest BCUT2D eigenvalue weighted by Crippen LogP contribution is 2.35. The quantitative estimate of drug-likeness (QED) is 0.620. The van der Waals surface area contributed by atoms with Crippen LogP contribution in [0.2, 0.25) is 0 Å². The van der Waals surface area contributed by atoms with Gasteiger partial charge in [0.15, 0.2) is 0 Å². The van der Waals surface area contributed by atoms with Crippen LogP contribution in [-0.4, -0.2) is 21.6 Å². The average Bonchev–Trinajstić information content (AvgIpc) is 3.02. The van der Waals surface area contributed by atoms with Gasteiger partial charge in [-0.3, -0.25) is 9.36 Å². The van der Waals surface area contributed by atoms with Crippen LogP contribution < -0.4 is 5.56 Å². The Bertz CT molecular complexity index is 1080. The molecule has 1 aromatic carbocycles. The number of thiophene rings is 1. The number of nitrogens with zero attached hydrogens (tertiary/aromatic N) is 2. The highest BCUT2D eigenvalue weighted by molar-refractivity contribution is 7.18. The summed E-state index contributed by atoms with van der Waals surface area (Å²) >= 11 is 1.67. The first-order valence-corrected chi connectivity index (χ1v) is 10.5. The predicted molar refractivity (Wildman–Crippen MR) is 111 cm³/mol. The summed E-state index contributed by atoms with van der Waals surface area (Å²) in [6, 6.07) is 7.20. The van der Waals surface area contributed by atoms with Gasteiger partial charge in [-0.05, 0) is 62.3 Å². The van der Waals surface area contributed by atoms with Crippen LogP contribution in [0.25, 0.3) is 10.2 Å². The number of carbonyl (C=O) groups is 1. The number of carbonyl (C=O) groups excluding carboxylic acids is 1. The minimum Gasteiger partial charge on any atom is -0.459 e. The second-order valence-electron chi connectivity index (χ2n) is 7.86. The van der Waals surface area contributed by atoms with Crippen molar-refractivity contribution in [2.75, 3.05) is 0 Å². The van der Waals surface area contributed by atoms with E-state index in [4.69, 9.17) is 4.74 Å². The zero-order valence-electron chi connectivity index (χ0n) is 16.4. The van der Waals surface area contributed by atoms with Crippen LogP contribution in [0.5, 0.6) is 0 Å². The molecule has 28 heavy (non-hydrogen) atoms. The van der Waals surface area contributed by atoms with Crippen LogP contribution in [0.3, 0.4) is 0 Å².